The van der Waals surface area contributed by atoms with Gasteiger partial charge in [0.15, 0.2) is 5.65 Å². The Bertz CT molecular complexity index is 1600. The van der Waals surface area contributed by atoms with Gasteiger partial charge in [-0.1, -0.05) is 19.9 Å². The quantitative estimate of drug-likeness (QED) is 0.373. The summed E-state index contributed by atoms with van der Waals surface area (Å²) < 4.78 is 8.70. The molecule has 208 valence electrons. The summed E-state index contributed by atoms with van der Waals surface area (Å²) in [6, 6.07) is 9.39. The Morgan fingerprint density at radius 1 is 1.18 bits per heavy atom. The van der Waals surface area contributed by atoms with E-state index >= 15 is 0 Å². The molecule has 3 aromatic heterocycles. The first-order chi connectivity index (χ1) is 19.2. The number of H-pyrrole nitrogens is 1. The Hall–Kier alpha value is -3.52. The first kappa shape index (κ1) is 25.4. The van der Waals surface area contributed by atoms with Crippen LogP contribution in [0.15, 0.2) is 30.5 Å². The molecule has 0 saturated heterocycles. The predicted molar refractivity (Wildman–Crippen MR) is 156 cm³/mol. The van der Waals surface area contributed by atoms with Crippen molar-refractivity contribution in [2.24, 2.45) is 12.5 Å². The molecule has 0 unspecified atom stereocenters. The highest BCUT2D eigenvalue weighted by molar-refractivity contribution is 5.78. The Morgan fingerprint density at radius 2 is 2.02 bits per heavy atom. The van der Waals surface area contributed by atoms with Gasteiger partial charge in [0.05, 0.1) is 37.8 Å². The Morgan fingerprint density at radius 3 is 2.85 bits per heavy atom. The molecule has 1 N–H and O–H groups in total. The highest BCUT2D eigenvalue weighted by atomic mass is 16.5. The fraction of sp³-hybridized carbons (Fsp3) is 0.500. The molecule has 1 aromatic carbocycles. The minimum absolute atomic E-state index is 0.271. The maximum atomic E-state index is 6.32. The molecule has 40 heavy (non-hydrogen) atoms. The van der Waals surface area contributed by atoms with Crippen molar-refractivity contribution in [2.75, 3.05) is 25.1 Å². The summed E-state index contributed by atoms with van der Waals surface area (Å²) in [7, 11) is 4.46. The minimum atomic E-state index is 0.271. The van der Waals surface area contributed by atoms with E-state index in [4.69, 9.17) is 9.72 Å². The number of anilines is 1. The second-order valence-corrected chi connectivity index (χ2v) is 12.8. The molecular formula is C32H40N7O+. The van der Waals surface area contributed by atoms with Crippen LogP contribution in [0.1, 0.15) is 61.6 Å². The first-order valence-electron chi connectivity index (χ1n) is 14.7. The summed E-state index contributed by atoms with van der Waals surface area (Å²) in [6.45, 7) is 9.94. The lowest BCUT2D eigenvalue weighted by Crippen LogP contribution is -2.48. The minimum Gasteiger partial charge on any atom is -0.490 e. The van der Waals surface area contributed by atoms with Crippen LogP contribution in [0.4, 0.5) is 5.82 Å². The van der Waals surface area contributed by atoms with E-state index in [1.807, 2.05) is 13.1 Å². The van der Waals surface area contributed by atoms with E-state index in [0.717, 1.165) is 72.2 Å². The van der Waals surface area contributed by atoms with E-state index in [-0.39, 0.29) is 5.41 Å². The van der Waals surface area contributed by atoms with Crippen molar-refractivity contribution >= 4 is 17.0 Å². The van der Waals surface area contributed by atoms with Gasteiger partial charge in [-0.3, -0.25) is 9.80 Å². The maximum absolute atomic E-state index is 6.32. The zero-order chi connectivity index (χ0) is 27.6. The SMILES string of the molecule is Cc1nc2ncc(-c3ccc4c(c3)CN(c3c5c(nc(CN(C)C6CC6)[n+]3C)CCC(C)(C)C5)CCO4)cc2[nH]1. The molecule has 0 atom stereocenters. The summed E-state index contributed by atoms with van der Waals surface area (Å²) in [5.74, 6) is 4.33. The third-order valence-corrected chi connectivity index (χ3v) is 8.97. The smallest absolute Gasteiger partial charge is 0.252 e. The van der Waals surface area contributed by atoms with E-state index in [2.05, 4.69) is 81.5 Å². The van der Waals surface area contributed by atoms with Gasteiger partial charge in [0.1, 0.15) is 23.9 Å². The summed E-state index contributed by atoms with van der Waals surface area (Å²) in [5.41, 5.74) is 8.12. The number of hydrogen-bond donors (Lipinski definition) is 1. The number of benzene rings is 1. The molecule has 4 heterocycles. The molecule has 0 amide bonds. The Labute approximate surface area is 236 Å². The van der Waals surface area contributed by atoms with Crippen molar-refractivity contribution < 1.29 is 9.30 Å². The van der Waals surface area contributed by atoms with Crippen molar-refractivity contribution in [3.8, 4) is 16.9 Å². The van der Waals surface area contributed by atoms with Crippen LogP contribution in [0.5, 0.6) is 5.75 Å². The van der Waals surface area contributed by atoms with Gasteiger partial charge >= 0.3 is 0 Å². The van der Waals surface area contributed by atoms with Gasteiger partial charge < -0.3 is 9.72 Å². The number of pyridine rings is 1. The molecule has 7 rings (SSSR count). The number of aromatic nitrogens is 5. The van der Waals surface area contributed by atoms with E-state index in [9.17, 15) is 0 Å². The number of ether oxygens (including phenoxy) is 1. The lowest BCUT2D eigenvalue weighted by Gasteiger charge is -2.33. The normalized spacial score (nSPS) is 18.4. The maximum Gasteiger partial charge on any atom is 0.252 e. The van der Waals surface area contributed by atoms with E-state index in [0.29, 0.717) is 12.6 Å². The molecule has 0 spiro atoms. The van der Waals surface area contributed by atoms with Gasteiger partial charge in [0.25, 0.3) is 5.82 Å². The molecule has 3 aliphatic rings. The molecule has 1 saturated carbocycles. The van der Waals surface area contributed by atoms with Crippen LogP contribution < -0.4 is 14.2 Å². The van der Waals surface area contributed by atoms with Crippen LogP contribution in [0.2, 0.25) is 0 Å². The lowest BCUT2D eigenvalue weighted by molar-refractivity contribution is -0.671. The Balaban J connectivity index is 1.27. The standard InChI is InChI=1S/C32H40N7O/c1-20-34-27-15-22(17-33-30(27)35-20)21-6-9-28-23(14-21)18-39(12-13-40-28)31-25-16-32(2,3)11-10-26(25)36-29(38(31)5)19-37(4)24-7-8-24/h6,9,14-15,17,24H,7-8,10-13,16,18-19H2,1-5H3,(H,33,34,35)/q+1. The van der Waals surface area contributed by atoms with Crippen LogP contribution in [0, 0.1) is 12.3 Å². The van der Waals surface area contributed by atoms with Crippen molar-refractivity contribution in [2.45, 2.75) is 72.0 Å². The van der Waals surface area contributed by atoms with Crippen LogP contribution in [-0.2, 0) is 33.0 Å². The average Bonchev–Trinajstić information content (AvgIpc) is 3.72. The second kappa shape index (κ2) is 9.54. The first-order valence-corrected chi connectivity index (χ1v) is 14.7. The fourth-order valence-corrected chi connectivity index (χ4v) is 6.51. The van der Waals surface area contributed by atoms with Crippen molar-refractivity contribution in [3.05, 3.63) is 58.9 Å². The van der Waals surface area contributed by atoms with E-state index in [1.165, 1.54) is 41.9 Å². The van der Waals surface area contributed by atoms with E-state index in [1.54, 1.807) is 0 Å². The van der Waals surface area contributed by atoms with Crippen molar-refractivity contribution in [1.82, 2.24) is 24.8 Å². The molecule has 0 radical (unpaired) electrons. The molecule has 1 fully saturated rings. The number of fused-ring (bicyclic) bond motifs is 3. The lowest BCUT2D eigenvalue weighted by atomic mass is 9.76. The van der Waals surface area contributed by atoms with E-state index < -0.39 is 0 Å². The zero-order valence-electron chi connectivity index (χ0n) is 24.4. The highest BCUT2D eigenvalue weighted by Crippen LogP contribution is 2.39. The van der Waals surface area contributed by atoms with Gasteiger partial charge in [-0.25, -0.2) is 14.5 Å². The monoisotopic (exact) mass is 538 g/mol. The van der Waals surface area contributed by atoms with Crippen molar-refractivity contribution in [1.29, 1.82) is 0 Å². The molecule has 0 bridgehead atoms. The predicted octanol–water partition coefficient (Wildman–Crippen LogP) is 4.66. The van der Waals surface area contributed by atoms with Gasteiger partial charge in [0, 0.05) is 29.8 Å². The molecule has 8 heteroatoms. The number of aryl methyl sites for hydroxylation is 2. The highest BCUT2D eigenvalue weighted by Gasteiger charge is 2.37. The second-order valence-electron chi connectivity index (χ2n) is 12.8. The van der Waals surface area contributed by atoms with Crippen molar-refractivity contribution in [3.63, 3.8) is 0 Å². The zero-order valence-corrected chi connectivity index (χ0v) is 24.4. The summed E-state index contributed by atoms with van der Waals surface area (Å²) in [5, 5.41) is 0. The molecule has 1 aliphatic heterocycles. The third-order valence-electron chi connectivity index (χ3n) is 8.97. The fourth-order valence-electron chi connectivity index (χ4n) is 6.51. The third kappa shape index (κ3) is 4.72. The largest absolute Gasteiger partial charge is 0.490 e. The van der Waals surface area contributed by atoms with Gasteiger partial charge in [0.2, 0.25) is 5.82 Å². The number of aromatic amines is 1. The number of nitrogens with one attached hydrogen (secondary N) is 1. The Kier molecular flexibility index (Phi) is 6.07. The van der Waals surface area contributed by atoms with Gasteiger partial charge in [-0.15, -0.1) is 4.98 Å². The number of hydrogen-bond acceptors (Lipinski definition) is 6. The van der Waals surface area contributed by atoms with Gasteiger partial charge in [-0.2, -0.15) is 0 Å². The number of nitrogens with zero attached hydrogens (tertiary/aromatic N) is 6. The van der Waals surface area contributed by atoms with Crippen LogP contribution >= 0.6 is 0 Å². The molecule has 4 aromatic rings. The summed E-state index contributed by atoms with van der Waals surface area (Å²) >= 11 is 0. The molecular weight excluding hydrogens is 498 g/mol. The molecule has 2 aliphatic carbocycles. The summed E-state index contributed by atoms with van der Waals surface area (Å²) in [6.07, 6.45) is 7.81. The average molecular weight is 539 g/mol. The molecule has 8 nitrogen and oxygen atoms in total. The van der Waals surface area contributed by atoms with Crippen LogP contribution in [0.3, 0.4) is 0 Å². The summed E-state index contributed by atoms with van der Waals surface area (Å²) in [4.78, 5) is 22.7. The van der Waals surface area contributed by atoms with Crippen LogP contribution in [-0.4, -0.2) is 51.1 Å². The van der Waals surface area contributed by atoms with Gasteiger partial charge in [-0.05, 0) is 68.8 Å². The number of imidazole rings is 1. The topological polar surface area (TPSA) is 74.1 Å². The van der Waals surface area contributed by atoms with Crippen LogP contribution in [0.25, 0.3) is 22.3 Å². The number of rotatable bonds is 5.